The van der Waals surface area contributed by atoms with Crippen molar-refractivity contribution >= 4 is 39.8 Å². The summed E-state index contributed by atoms with van der Waals surface area (Å²) in [4.78, 5) is 18.1. The first-order valence-electron chi connectivity index (χ1n) is 14.7. The van der Waals surface area contributed by atoms with E-state index >= 15 is 0 Å². The summed E-state index contributed by atoms with van der Waals surface area (Å²) < 4.78 is 6.15. The Bertz CT molecular complexity index is 1630. The molecule has 0 aromatic heterocycles. The van der Waals surface area contributed by atoms with Crippen LogP contribution in [-0.2, 0) is 4.79 Å². The number of anilines is 2. The molecular formula is C36H38N4O2. The zero-order valence-electron chi connectivity index (χ0n) is 24.8. The molecule has 0 saturated heterocycles. The molecule has 0 N–H and O–H groups in total. The minimum absolute atomic E-state index is 0.0746. The molecule has 0 unspecified atom stereocenters. The Balaban J connectivity index is 1.32. The van der Waals surface area contributed by atoms with Gasteiger partial charge in [0, 0.05) is 50.9 Å². The molecule has 4 aromatic carbocycles. The Morgan fingerprint density at radius 2 is 1.55 bits per heavy atom. The number of hydrazone groups is 1. The molecule has 1 saturated carbocycles. The first-order valence-corrected chi connectivity index (χ1v) is 14.7. The van der Waals surface area contributed by atoms with Crippen molar-refractivity contribution in [3.05, 3.63) is 108 Å². The fraction of sp³-hybridized carbons (Fsp3) is 0.278. The van der Waals surface area contributed by atoms with Crippen LogP contribution < -0.4 is 14.5 Å². The second kappa shape index (κ2) is 11.7. The number of carbonyl (C=O) groups is 1. The van der Waals surface area contributed by atoms with Crippen LogP contribution in [0.4, 0.5) is 11.4 Å². The highest BCUT2D eigenvalue weighted by atomic mass is 16.5. The molecule has 1 aliphatic carbocycles. The summed E-state index contributed by atoms with van der Waals surface area (Å²) in [7, 11) is 8.17. The van der Waals surface area contributed by atoms with E-state index in [-0.39, 0.29) is 24.5 Å². The number of hydrogen-bond acceptors (Lipinski definition) is 5. The van der Waals surface area contributed by atoms with Crippen LogP contribution >= 0.6 is 0 Å². The third kappa shape index (κ3) is 5.49. The second-order valence-electron chi connectivity index (χ2n) is 11.6. The maximum atomic E-state index is 13.9. The van der Waals surface area contributed by atoms with Crippen molar-refractivity contribution in [3.8, 4) is 5.75 Å². The van der Waals surface area contributed by atoms with E-state index in [4.69, 9.17) is 9.84 Å². The standard InChI is InChI=1S/C36H38N4O2/c1-38(2)29-19-15-25(16-20-29)23-28-11-7-13-32-35(28)37-40(36(32)27-17-21-30(22-18-27)39(3)4)34(41)24-42-33-14-8-10-26-9-5-6-12-31(26)33/h5-6,8-10,12,14-23,32,36H,7,11,13,24H2,1-4H3/b28-23-/t32-,36-/m1/s1. The van der Waals surface area contributed by atoms with Crippen molar-refractivity contribution in [3.63, 3.8) is 0 Å². The van der Waals surface area contributed by atoms with Gasteiger partial charge in [0.1, 0.15) is 5.75 Å². The second-order valence-corrected chi connectivity index (χ2v) is 11.6. The van der Waals surface area contributed by atoms with Gasteiger partial charge < -0.3 is 14.5 Å². The first kappa shape index (κ1) is 27.6. The van der Waals surface area contributed by atoms with Gasteiger partial charge in [0.2, 0.25) is 0 Å². The number of benzene rings is 4. The van der Waals surface area contributed by atoms with E-state index in [2.05, 4.69) is 76.5 Å². The van der Waals surface area contributed by atoms with Gasteiger partial charge in [0.25, 0.3) is 5.91 Å². The number of allylic oxidation sites excluding steroid dienone is 1. The van der Waals surface area contributed by atoms with Crippen molar-refractivity contribution in [2.75, 3.05) is 44.6 Å². The lowest BCUT2D eigenvalue weighted by atomic mass is 9.77. The molecule has 6 rings (SSSR count). The minimum atomic E-state index is -0.167. The number of nitrogens with zero attached hydrogens (tertiary/aromatic N) is 4. The van der Waals surface area contributed by atoms with Crippen LogP contribution in [0.5, 0.6) is 5.75 Å². The number of hydrogen-bond donors (Lipinski definition) is 0. The van der Waals surface area contributed by atoms with Gasteiger partial charge in [-0.1, -0.05) is 60.7 Å². The van der Waals surface area contributed by atoms with E-state index in [0.717, 1.165) is 52.6 Å². The molecule has 4 aromatic rings. The van der Waals surface area contributed by atoms with Crippen molar-refractivity contribution in [1.82, 2.24) is 5.01 Å². The zero-order chi connectivity index (χ0) is 29.2. The fourth-order valence-corrected chi connectivity index (χ4v) is 6.11. The molecule has 1 heterocycles. The van der Waals surface area contributed by atoms with Crippen molar-refractivity contribution in [2.24, 2.45) is 11.0 Å². The van der Waals surface area contributed by atoms with Crippen LogP contribution in [0.3, 0.4) is 0 Å². The Kier molecular flexibility index (Phi) is 7.70. The van der Waals surface area contributed by atoms with Crippen molar-refractivity contribution < 1.29 is 9.53 Å². The lowest BCUT2D eigenvalue weighted by Gasteiger charge is -2.30. The fourth-order valence-electron chi connectivity index (χ4n) is 6.11. The molecule has 2 atom stereocenters. The summed E-state index contributed by atoms with van der Waals surface area (Å²) in [5.74, 6) is 0.707. The molecule has 0 spiro atoms. The largest absolute Gasteiger partial charge is 0.483 e. The molecule has 6 heteroatoms. The van der Waals surface area contributed by atoms with E-state index in [1.165, 1.54) is 11.3 Å². The average Bonchev–Trinajstić information content (AvgIpc) is 3.41. The summed E-state index contributed by atoms with van der Waals surface area (Å²) in [5, 5.41) is 8.84. The van der Waals surface area contributed by atoms with E-state index in [1.807, 2.05) is 58.5 Å². The van der Waals surface area contributed by atoms with Gasteiger partial charge in [-0.05, 0) is 77.8 Å². The lowest BCUT2D eigenvalue weighted by molar-refractivity contribution is -0.135. The summed E-state index contributed by atoms with van der Waals surface area (Å²) in [6.07, 6.45) is 5.25. The molecule has 0 radical (unpaired) electrons. The van der Waals surface area contributed by atoms with Crippen LogP contribution in [-0.4, -0.2) is 51.4 Å². The van der Waals surface area contributed by atoms with E-state index in [9.17, 15) is 4.79 Å². The normalized spacial score (nSPS) is 19.0. The topological polar surface area (TPSA) is 48.4 Å². The van der Waals surface area contributed by atoms with E-state index < -0.39 is 0 Å². The summed E-state index contributed by atoms with van der Waals surface area (Å²) in [6.45, 7) is -0.0746. The summed E-state index contributed by atoms with van der Waals surface area (Å²) in [6, 6.07) is 30.9. The highest BCUT2D eigenvalue weighted by Gasteiger charge is 2.43. The molecule has 1 fully saturated rings. The van der Waals surface area contributed by atoms with Gasteiger partial charge in [0.05, 0.1) is 11.8 Å². The zero-order valence-corrected chi connectivity index (χ0v) is 24.8. The van der Waals surface area contributed by atoms with Gasteiger partial charge in [-0.25, -0.2) is 5.01 Å². The lowest BCUT2D eigenvalue weighted by Crippen LogP contribution is -2.34. The Hall–Kier alpha value is -4.58. The average molecular weight is 559 g/mol. The number of rotatable bonds is 7. The third-order valence-corrected chi connectivity index (χ3v) is 8.36. The van der Waals surface area contributed by atoms with Crippen LogP contribution in [0.2, 0.25) is 0 Å². The molecule has 6 nitrogen and oxygen atoms in total. The van der Waals surface area contributed by atoms with Gasteiger partial charge in [-0.3, -0.25) is 4.79 Å². The Morgan fingerprint density at radius 1 is 0.881 bits per heavy atom. The monoisotopic (exact) mass is 558 g/mol. The smallest absolute Gasteiger partial charge is 0.281 e. The number of amides is 1. The highest BCUT2D eigenvalue weighted by molar-refractivity contribution is 6.08. The van der Waals surface area contributed by atoms with Gasteiger partial charge >= 0.3 is 0 Å². The SMILES string of the molecule is CN(C)c1ccc(/C=C2/CCC[C@@H]3C2=NN(C(=O)COc2cccc4ccccc24)[C@@H]3c2ccc(N(C)C)cc2)cc1. The van der Waals surface area contributed by atoms with Crippen molar-refractivity contribution in [1.29, 1.82) is 0 Å². The third-order valence-electron chi connectivity index (χ3n) is 8.36. The van der Waals surface area contributed by atoms with Crippen LogP contribution in [0.1, 0.15) is 36.4 Å². The molecule has 2 aliphatic rings. The Morgan fingerprint density at radius 3 is 2.26 bits per heavy atom. The molecule has 1 amide bonds. The van der Waals surface area contributed by atoms with Crippen LogP contribution in [0.25, 0.3) is 16.8 Å². The predicted molar refractivity (Wildman–Crippen MR) is 173 cm³/mol. The van der Waals surface area contributed by atoms with E-state index in [1.54, 1.807) is 5.01 Å². The number of ether oxygens (including phenoxy) is 1. The maximum absolute atomic E-state index is 13.9. The van der Waals surface area contributed by atoms with Gasteiger partial charge in [-0.15, -0.1) is 0 Å². The predicted octanol–water partition coefficient (Wildman–Crippen LogP) is 7.17. The molecule has 1 aliphatic heterocycles. The van der Waals surface area contributed by atoms with Crippen LogP contribution in [0, 0.1) is 5.92 Å². The summed E-state index contributed by atoms with van der Waals surface area (Å²) in [5.41, 5.74) is 6.78. The quantitative estimate of drug-likeness (QED) is 0.241. The molecule has 0 bridgehead atoms. The molecule has 214 valence electrons. The minimum Gasteiger partial charge on any atom is -0.483 e. The molecule has 42 heavy (non-hydrogen) atoms. The van der Waals surface area contributed by atoms with Crippen molar-refractivity contribution in [2.45, 2.75) is 25.3 Å². The first-order chi connectivity index (χ1) is 20.4. The molecular weight excluding hydrogens is 520 g/mol. The number of fused-ring (bicyclic) bond motifs is 2. The summed E-state index contributed by atoms with van der Waals surface area (Å²) >= 11 is 0. The number of carbonyl (C=O) groups excluding carboxylic acids is 1. The van der Waals surface area contributed by atoms with Crippen LogP contribution in [0.15, 0.2) is 102 Å². The highest BCUT2D eigenvalue weighted by Crippen LogP contribution is 2.44. The van der Waals surface area contributed by atoms with Gasteiger partial charge in [-0.2, -0.15) is 5.10 Å². The van der Waals surface area contributed by atoms with E-state index in [0.29, 0.717) is 5.75 Å². The van der Waals surface area contributed by atoms with Gasteiger partial charge in [0.15, 0.2) is 6.61 Å². The maximum Gasteiger partial charge on any atom is 0.281 e. The Labute approximate surface area is 248 Å².